The highest BCUT2D eigenvalue weighted by molar-refractivity contribution is 5.98. The van der Waals surface area contributed by atoms with Gasteiger partial charge in [-0.3, -0.25) is 14.9 Å². The number of Topliss-reactive ketones (excluding diaryl/α,β-unsaturated/α-hetero) is 1. The van der Waals surface area contributed by atoms with Crippen LogP contribution in [0.3, 0.4) is 0 Å². The van der Waals surface area contributed by atoms with E-state index in [1.54, 1.807) is 24.3 Å². The quantitative estimate of drug-likeness (QED) is 0.441. The van der Waals surface area contributed by atoms with Gasteiger partial charge in [0.05, 0.1) is 5.92 Å². The Bertz CT molecular complexity index is 426. The highest BCUT2D eigenvalue weighted by Gasteiger charge is 2.44. The number of hydrogen-bond donors (Lipinski definition) is 0. The van der Waals surface area contributed by atoms with Gasteiger partial charge in [-0.2, -0.15) is 0 Å². The average Bonchev–Trinajstić information content (AvgIpc) is 2.35. The normalized spacial score (nSPS) is 13.1. The summed E-state index contributed by atoms with van der Waals surface area (Å²) in [5, 5.41) is 11.1. The van der Waals surface area contributed by atoms with E-state index in [-0.39, 0.29) is 10.7 Å². The molecule has 98 valence electrons. The Labute approximate surface area is 107 Å². The van der Waals surface area contributed by atoms with Crippen LogP contribution < -0.4 is 0 Å². The Morgan fingerprint density at radius 2 is 1.89 bits per heavy atom. The predicted octanol–water partition coefficient (Wildman–Crippen LogP) is 3.34. The summed E-state index contributed by atoms with van der Waals surface area (Å²) < 4.78 is 0. The molecule has 0 aliphatic carbocycles. The van der Waals surface area contributed by atoms with Gasteiger partial charge in [0.15, 0.2) is 5.78 Å². The smallest absolute Gasteiger partial charge is 0.226 e. The van der Waals surface area contributed by atoms with Crippen LogP contribution in [0.15, 0.2) is 30.3 Å². The lowest BCUT2D eigenvalue weighted by Gasteiger charge is -2.25. The molecule has 0 bridgehead atoms. The molecule has 0 spiro atoms. The lowest BCUT2D eigenvalue weighted by atomic mass is 9.79. The maximum absolute atomic E-state index is 12.4. The fourth-order valence-corrected chi connectivity index (χ4v) is 2.02. The molecule has 1 aromatic carbocycles. The van der Waals surface area contributed by atoms with Crippen LogP contribution in [-0.2, 0) is 0 Å². The summed E-state index contributed by atoms with van der Waals surface area (Å²) in [5.41, 5.74) is -0.686. The van der Waals surface area contributed by atoms with E-state index in [1.807, 2.05) is 13.0 Å². The largest absolute Gasteiger partial charge is 0.294 e. The summed E-state index contributed by atoms with van der Waals surface area (Å²) in [7, 11) is 0. The van der Waals surface area contributed by atoms with Crippen LogP contribution in [0.1, 0.15) is 44.0 Å². The van der Waals surface area contributed by atoms with E-state index < -0.39 is 11.5 Å². The Morgan fingerprint density at radius 3 is 2.33 bits per heavy atom. The first-order chi connectivity index (χ1) is 8.41. The van der Waals surface area contributed by atoms with E-state index in [0.717, 1.165) is 6.42 Å². The summed E-state index contributed by atoms with van der Waals surface area (Å²) in [6, 6.07) is 8.79. The second-order valence-electron chi connectivity index (χ2n) is 4.98. The summed E-state index contributed by atoms with van der Waals surface area (Å²) in [6.45, 7) is 4.98. The molecular formula is C14H19NO3. The Morgan fingerprint density at radius 1 is 1.33 bits per heavy atom. The predicted molar refractivity (Wildman–Crippen MR) is 70.2 cm³/mol. The van der Waals surface area contributed by atoms with Gasteiger partial charge < -0.3 is 0 Å². The Balaban J connectivity index is 3.07. The molecule has 0 aromatic heterocycles. The Hall–Kier alpha value is -1.71. The van der Waals surface area contributed by atoms with Gasteiger partial charge in [0.2, 0.25) is 5.54 Å². The van der Waals surface area contributed by atoms with Gasteiger partial charge in [0, 0.05) is 24.3 Å². The number of carbonyl (C=O) groups excluding carboxylic acids is 1. The third kappa shape index (κ3) is 2.94. The van der Waals surface area contributed by atoms with Gasteiger partial charge in [0.1, 0.15) is 0 Å². The fourth-order valence-electron chi connectivity index (χ4n) is 2.02. The number of hydrogen-bond acceptors (Lipinski definition) is 3. The van der Waals surface area contributed by atoms with Crippen molar-refractivity contribution in [2.24, 2.45) is 5.92 Å². The molecule has 0 fully saturated rings. The lowest BCUT2D eigenvalue weighted by Crippen LogP contribution is -2.43. The molecule has 0 saturated carbocycles. The van der Waals surface area contributed by atoms with Gasteiger partial charge in [-0.1, -0.05) is 43.7 Å². The van der Waals surface area contributed by atoms with E-state index in [4.69, 9.17) is 0 Å². The van der Waals surface area contributed by atoms with Gasteiger partial charge >= 0.3 is 0 Å². The molecule has 0 saturated heterocycles. The SMILES string of the molecule is CCC[C@@H](C(=O)c1ccccc1)C(C)(C)[N+](=O)[O-]. The maximum atomic E-state index is 12.4. The molecular weight excluding hydrogens is 230 g/mol. The van der Waals surface area contributed by atoms with Crippen molar-refractivity contribution >= 4 is 5.78 Å². The molecule has 4 heteroatoms. The van der Waals surface area contributed by atoms with Crippen molar-refractivity contribution in [3.63, 3.8) is 0 Å². The number of ketones is 1. The molecule has 0 N–H and O–H groups in total. The fraction of sp³-hybridized carbons (Fsp3) is 0.500. The lowest BCUT2D eigenvalue weighted by molar-refractivity contribution is -0.567. The third-order valence-electron chi connectivity index (χ3n) is 3.28. The minimum Gasteiger partial charge on any atom is -0.294 e. The van der Waals surface area contributed by atoms with Crippen molar-refractivity contribution in [1.29, 1.82) is 0 Å². The number of benzene rings is 1. The van der Waals surface area contributed by atoms with E-state index in [1.165, 1.54) is 13.8 Å². The monoisotopic (exact) mass is 249 g/mol. The first-order valence-electron chi connectivity index (χ1n) is 6.15. The summed E-state index contributed by atoms with van der Waals surface area (Å²) in [4.78, 5) is 23.2. The molecule has 18 heavy (non-hydrogen) atoms. The molecule has 4 nitrogen and oxygen atoms in total. The highest BCUT2D eigenvalue weighted by atomic mass is 16.6. The van der Waals surface area contributed by atoms with Crippen molar-refractivity contribution in [3.05, 3.63) is 46.0 Å². The highest BCUT2D eigenvalue weighted by Crippen LogP contribution is 2.28. The van der Waals surface area contributed by atoms with Crippen molar-refractivity contribution in [3.8, 4) is 0 Å². The first kappa shape index (κ1) is 14.4. The van der Waals surface area contributed by atoms with Gasteiger partial charge in [0.25, 0.3) is 0 Å². The van der Waals surface area contributed by atoms with Gasteiger partial charge in [-0.05, 0) is 6.42 Å². The Kier molecular flexibility index (Phi) is 4.59. The zero-order valence-corrected chi connectivity index (χ0v) is 11.1. The van der Waals surface area contributed by atoms with Crippen LogP contribution in [0.5, 0.6) is 0 Å². The number of nitrogens with zero attached hydrogens (tertiary/aromatic N) is 1. The van der Waals surface area contributed by atoms with Crippen LogP contribution in [0.4, 0.5) is 0 Å². The first-order valence-corrected chi connectivity index (χ1v) is 6.15. The van der Waals surface area contributed by atoms with Crippen LogP contribution in [0.2, 0.25) is 0 Å². The van der Waals surface area contributed by atoms with E-state index in [9.17, 15) is 14.9 Å². The topological polar surface area (TPSA) is 60.2 Å². The molecule has 0 aliphatic heterocycles. The zero-order valence-electron chi connectivity index (χ0n) is 11.1. The van der Waals surface area contributed by atoms with Crippen molar-refractivity contribution in [2.45, 2.75) is 39.2 Å². The van der Waals surface area contributed by atoms with Gasteiger partial charge in [-0.15, -0.1) is 0 Å². The number of carbonyl (C=O) groups is 1. The number of nitro groups is 1. The summed E-state index contributed by atoms with van der Waals surface area (Å²) in [6.07, 6.45) is 1.28. The third-order valence-corrected chi connectivity index (χ3v) is 3.28. The molecule has 0 amide bonds. The summed E-state index contributed by atoms with van der Waals surface area (Å²) in [5.74, 6) is -0.723. The molecule has 0 radical (unpaired) electrons. The molecule has 1 rings (SSSR count). The van der Waals surface area contributed by atoms with Crippen LogP contribution in [-0.4, -0.2) is 16.2 Å². The average molecular weight is 249 g/mol. The molecule has 0 unspecified atom stereocenters. The van der Waals surface area contributed by atoms with Crippen molar-refractivity contribution in [2.75, 3.05) is 0 Å². The zero-order chi connectivity index (χ0) is 13.8. The van der Waals surface area contributed by atoms with Gasteiger partial charge in [-0.25, -0.2) is 0 Å². The standard InChI is InChI=1S/C14H19NO3/c1-4-8-12(14(2,3)15(17)18)13(16)11-9-6-5-7-10-11/h5-7,9-10,12H,4,8H2,1-3H3/t12-/m0/s1. The van der Waals surface area contributed by atoms with Crippen molar-refractivity contribution < 1.29 is 9.72 Å². The molecule has 1 aromatic rings. The minimum absolute atomic E-state index is 0.140. The van der Waals surface area contributed by atoms with Crippen LogP contribution >= 0.6 is 0 Å². The van der Waals surface area contributed by atoms with E-state index in [2.05, 4.69) is 0 Å². The van der Waals surface area contributed by atoms with Crippen LogP contribution in [0, 0.1) is 16.0 Å². The number of rotatable bonds is 6. The molecule has 0 aliphatic rings. The minimum atomic E-state index is -1.23. The van der Waals surface area contributed by atoms with E-state index in [0.29, 0.717) is 12.0 Å². The summed E-state index contributed by atoms with van der Waals surface area (Å²) >= 11 is 0. The van der Waals surface area contributed by atoms with Crippen LogP contribution in [0.25, 0.3) is 0 Å². The second kappa shape index (κ2) is 5.76. The maximum Gasteiger partial charge on any atom is 0.226 e. The molecule has 1 atom stereocenters. The van der Waals surface area contributed by atoms with Crippen molar-refractivity contribution in [1.82, 2.24) is 0 Å². The second-order valence-corrected chi connectivity index (χ2v) is 4.98. The van der Waals surface area contributed by atoms with E-state index >= 15 is 0 Å². The molecule has 0 heterocycles.